The van der Waals surface area contributed by atoms with Crippen molar-refractivity contribution in [1.82, 2.24) is 14.5 Å². The normalized spacial score (nSPS) is 24.5. The largest absolute Gasteiger partial charge is 0.495 e. The lowest BCUT2D eigenvalue weighted by Gasteiger charge is -2.51. The number of aromatic nitrogens is 2. The number of amidine groups is 1. The van der Waals surface area contributed by atoms with Gasteiger partial charge in [-0.2, -0.15) is 0 Å². The lowest BCUT2D eigenvalue weighted by molar-refractivity contribution is -0.174. The number of aryl methyl sites for hydroxylation is 2. The van der Waals surface area contributed by atoms with E-state index in [1.54, 1.807) is 7.11 Å². The Morgan fingerprint density at radius 3 is 2.70 bits per heavy atom. The van der Waals surface area contributed by atoms with Crippen molar-refractivity contribution >= 4 is 11.9 Å². The molecule has 2 aromatic carbocycles. The van der Waals surface area contributed by atoms with Gasteiger partial charge < -0.3 is 23.8 Å². The van der Waals surface area contributed by atoms with Crippen LogP contribution in [0.2, 0.25) is 0 Å². The lowest BCUT2D eigenvalue weighted by Crippen LogP contribution is -2.58. The molecule has 2 fully saturated rings. The smallest absolute Gasteiger partial charge is 0.185 e. The van der Waals surface area contributed by atoms with Gasteiger partial charge in [0.25, 0.3) is 0 Å². The highest BCUT2D eigenvalue weighted by Gasteiger charge is 2.51. The molecule has 2 atom stereocenters. The number of imidazole rings is 1. The minimum atomic E-state index is -0.465. The first-order chi connectivity index (χ1) is 18.1. The van der Waals surface area contributed by atoms with Crippen LogP contribution in [0.15, 0.2) is 65.7 Å². The summed E-state index contributed by atoms with van der Waals surface area (Å²) >= 11 is 0. The van der Waals surface area contributed by atoms with E-state index in [1.807, 2.05) is 24.0 Å². The van der Waals surface area contributed by atoms with Gasteiger partial charge in [-0.15, -0.1) is 0 Å². The van der Waals surface area contributed by atoms with Gasteiger partial charge in [0.2, 0.25) is 0 Å². The molecule has 0 radical (unpaired) electrons. The molecule has 0 saturated carbocycles. The summed E-state index contributed by atoms with van der Waals surface area (Å²) in [4.78, 5) is 13.2. The molecule has 7 nitrogen and oxygen atoms in total. The first-order valence-corrected chi connectivity index (χ1v) is 13.1. The topological polar surface area (TPSA) is 61.1 Å². The van der Waals surface area contributed by atoms with Crippen LogP contribution in [0.5, 0.6) is 5.75 Å². The molecule has 192 valence electrons. The van der Waals surface area contributed by atoms with Crippen LogP contribution in [0.4, 0.5) is 0 Å². The van der Waals surface area contributed by atoms with Crippen molar-refractivity contribution in [2.75, 3.05) is 26.9 Å². The summed E-state index contributed by atoms with van der Waals surface area (Å²) in [6.45, 7) is 6.40. The van der Waals surface area contributed by atoms with Crippen molar-refractivity contribution in [1.29, 1.82) is 0 Å². The van der Waals surface area contributed by atoms with Crippen molar-refractivity contribution < 1.29 is 14.3 Å². The number of oxime groups is 1. The number of nitrogens with zero attached hydrogens (tertiary/aromatic N) is 4. The second-order valence-electron chi connectivity index (χ2n) is 10.4. The van der Waals surface area contributed by atoms with Gasteiger partial charge >= 0.3 is 0 Å². The zero-order valence-electron chi connectivity index (χ0n) is 21.8. The van der Waals surface area contributed by atoms with Crippen LogP contribution in [-0.2, 0) is 9.57 Å². The average molecular weight is 499 g/mol. The Morgan fingerprint density at radius 1 is 1.11 bits per heavy atom. The maximum absolute atomic E-state index is 6.41. The number of methoxy groups -OCH3 is 1. The molecule has 4 heterocycles. The Bertz CT molecular complexity index is 1340. The van der Waals surface area contributed by atoms with Crippen LogP contribution < -0.4 is 4.74 Å². The second-order valence-corrected chi connectivity index (χ2v) is 10.4. The Morgan fingerprint density at radius 2 is 1.97 bits per heavy atom. The molecule has 3 aromatic rings. The first-order valence-electron chi connectivity index (χ1n) is 13.1. The Kier molecular flexibility index (Phi) is 6.24. The van der Waals surface area contributed by atoms with Gasteiger partial charge in [0.15, 0.2) is 11.4 Å². The zero-order valence-corrected chi connectivity index (χ0v) is 21.8. The highest BCUT2D eigenvalue weighted by Crippen LogP contribution is 2.46. The molecule has 2 saturated heterocycles. The summed E-state index contributed by atoms with van der Waals surface area (Å²) in [6.07, 6.45) is 9.97. The van der Waals surface area contributed by atoms with Crippen molar-refractivity contribution in [3.8, 4) is 11.4 Å². The fourth-order valence-electron chi connectivity index (χ4n) is 5.87. The van der Waals surface area contributed by atoms with Crippen LogP contribution in [-0.4, -0.2) is 52.8 Å². The predicted molar refractivity (Wildman–Crippen MR) is 144 cm³/mol. The molecule has 0 aliphatic carbocycles. The maximum atomic E-state index is 6.41. The molecule has 1 spiro atoms. The van der Waals surface area contributed by atoms with E-state index in [9.17, 15) is 0 Å². The van der Waals surface area contributed by atoms with Crippen LogP contribution in [0.25, 0.3) is 11.8 Å². The van der Waals surface area contributed by atoms with Gasteiger partial charge in [-0.1, -0.05) is 41.1 Å². The van der Waals surface area contributed by atoms with Gasteiger partial charge in [0.1, 0.15) is 11.8 Å². The van der Waals surface area contributed by atoms with Crippen LogP contribution in [0.1, 0.15) is 54.1 Å². The molecule has 0 bridgehead atoms. The second kappa shape index (κ2) is 9.71. The Hall–Kier alpha value is -3.58. The molecule has 0 N–H and O–H groups in total. The van der Waals surface area contributed by atoms with Gasteiger partial charge in [0, 0.05) is 19.3 Å². The minimum absolute atomic E-state index is 0.0611. The number of piperidine rings is 1. The van der Waals surface area contributed by atoms with E-state index in [0.717, 1.165) is 67.4 Å². The number of hydrogen-bond donors (Lipinski definition) is 0. The molecular formula is C30H34N4O3. The minimum Gasteiger partial charge on any atom is -0.495 e. The van der Waals surface area contributed by atoms with Gasteiger partial charge in [-0.3, -0.25) is 0 Å². The SMILES string of the molecule is COc1cc(/C=C2\CCCN3C2=NOC2(CCCOC2)[C@@H]3c2ccc(C)cc2)ccc1-n1cnc(C)c1. The monoisotopic (exact) mass is 498 g/mol. The number of ether oxygens (including phenoxy) is 2. The van der Waals surface area contributed by atoms with E-state index in [0.29, 0.717) is 6.61 Å². The van der Waals surface area contributed by atoms with E-state index >= 15 is 0 Å². The third-order valence-corrected chi connectivity index (χ3v) is 7.69. The van der Waals surface area contributed by atoms with E-state index in [2.05, 4.69) is 65.3 Å². The number of hydrogen-bond acceptors (Lipinski definition) is 6. The molecule has 3 aliphatic heterocycles. The summed E-state index contributed by atoms with van der Waals surface area (Å²) in [6, 6.07) is 15.2. The van der Waals surface area contributed by atoms with Crippen molar-refractivity contribution in [2.24, 2.45) is 5.16 Å². The van der Waals surface area contributed by atoms with E-state index in [4.69, 9.17) is 19.5 Å². The number of rotatable bonds is 4. The summed E-state index contributed by atoms with van der Waals surface area (Å²) in [5.74, 6) is 1.73. The van der Waals surface area contributed by atoms with Crippen LogP contribution in [0.3, 0.4) is 0 Å². The molecule has 6 rings (SSSR count). The molecule has 3 aliphatic rings. The fourth-order valence-corrected chi connectivity index (χ4v) is 5.87. The Labute approximate surface area is 218 Å². The third kappa shape index (κ3) is 4.42. The highest BCUT2D eigenvalue weighted by molar-refractivity contribution is 6.03. The third-order valence-electron chi connectivity index (χ3n) is 7.69. The van der Waals surface area contributed by atoms with Crippen molar-refractivity contribution in [2.45, 2.75) is 51.2 Å². The van der Waals surface area contributed by atoms with Crippen LogP contribution in [0, 0.1) is 13.8 Å². The fraction of sp³-hybridized carbons (Fsp3) is 0.400. The number of benzene rings is 2. The molecule has 7 heteroatoms. The highest BCUT2D eigenvalue weighted by atomic mass is 16.7. The Balaban J connectivity index is 1.37. The van der Waals surface area contributed by atoms with Gasteiger partial charge in [-0.05, 0) is 74.4 Å². The molecular weight excluding hydrogens is 464 g/mol. The number of fused-ring (bicyclic) bond motifs is 1. The molecule has 0 amide bonds. The standard InChI is InChI=1S/C30H34N4O3/c1-21-7-10-24(11-8-21)28-30(13-5-15-36-19-30)37-32-29-25(6-4-14-34(28)29)16-23-9-12-26(27(17-23)35-3)33-18-22(2)31-20-33/h7-12,16-18,20,28H,4-6,13-15,19H2,1-3H3/b25-16+/t28-,30?/m0/s1. The summed E-state index contributed by atoms with van der Waals surface area (Å²) in [7, 11) is 1.71. The lowest BCUT2D eigenvalue weighted by atomic mass is 9.81. The molecule has 1 aromatic heterocycles. The summed E-state index contributed by atoms with van der Waals surface area (Å²) < 4.78 is 13.7. The average Bonchev–Trinajstić information content (AvgIpc) is 3.36. The summed E-state index contributed by atoms with van der Waals surface area (Å²) in [5.41, 5.74) is 6.24. The van der Waals surface area contributed by atoms with Gasteiger partial charge in [0.05, 0.1) is 31.4 Å². The first kappa shape index (κ1) is 23.8. The summed E-state index contributed by atoms with van der Waals surface area (Å²) in [5, 5.41) is 4.76. The van der Waals surface area contributed by atoms with Crippen LogP contribution >= 0.6 is 0 Å². The zero-order chi connectivity index (χ0) is 25.4. The van der Waals surface area contributed by atoms with E-state index in [-0.39, 0.29) is 6.04 Å². The van der Waals surface area contributed by atoms with Crippen molar-refractivity contribution in [3.05, 3.63) is 82.9 Å². The van der Waals surface area contributed by atoms with Crippen molar-refractivity contribution in [3.63, 3.8) is 0 Å². The van der Waals surface area contributed by atoms with E-state index in [1.165, 1.54) is 16.7 Å². The molecule has 1 unspecified atom stereocenters. The maximum Gasteiger partial charge on any atom is 0.185 e. The quantitative estimate of drug-likeness (QED) is 0.468. The van der Waals surface area contributed by atoms with E-state index < -0.39 is 5.60 Å². The van der Waals surface area contributed by atoms with Gasteiger partial charge in [-0.25, -0.2) is 4.98 Å². The molecule has 37 heavy (non-hydrogen) atoms. The predicted octanol–water partition coefficient (Wildman–Crippen LogP) is 5.61.